The summed E-state index contributed by atoms with van der Waals surface area (Å²) in [5.41, 5.74) is 0.889. The first-order valence-electron chi connectivity index (χ1n) is 5.84. The van der Waals surface area contributed by atoms with Gasteiger partial charge in [0.05, 0.1) is 11.3 Å². The summed E-state index contributed by atoms with van der Waals surface area (Å²) in [7, 11) is 0. The highest BCUT2D eigenvalue weighted by Gasteiger charge is 2.33. The Hall–Kier alpha value is -2.31. The van der Waals surface area contributed by atoms with Crippen LogP contribution in [0.4, 0.5) is 18.9 Å². The monoisotopic (exact) mass is 284 g/mol. The summed E-state index contributed by atoms with van der Waals surface area (Å²) in [6, 6.07) is 4.43. The largest absolute Gasteiger partial charge is 0.423 e. The van der Waals surface area contributed by atoms with Gasteiger partial charge in [-0.1, -0.05) is 6.92 Å². The van der Waals surface area contributed by atoms with Crippen molar-refractivity contribution in [1.29, 1.82) is 0 Å². The van der Waals surface area contributed by atoms with Crippen molar-refractivity contribution in [3.63, 3.8) is 0 Å². The maximum Gasteiger partial charge on any atom is 0.417 e. The molecule has 106 valence electrons. The van der Waals surface area contributed by atoms with E-state index in [1.165, 1.54) is 18.2 Å². The molecule has 2 rings (SSSR count). The van der Waals surface area contributed by atoms with Gasteiger partial charge in [-0.05, 0) is 18.6 Å². The molecule has 0 radical (unpaired) electrons. The van der Waals surface area contributed by atoms with Gasteiger partial charge >= 0.3 is 11.8 Å². The average Bonchev–Trinajstić information content (AvgIpc) is 2.36. The van der Waals surface area contributed by atoms with Crippen molar-refractivity contribution in [2.75, 3.05) is 5.43 Å². The van der Waals surface area contributed by atoms with Crippen LogP contribution in [0.25, 0.3) is 11.0 Å². The zero-order valence-electron chi connectivity index (χ0n) is 10.5. The van der Waals surface area contributed by atoms with Crippen LogP contribution < -0.4 is 11.1 Å². The number of nitrogens with zero attached hydrogens (tertiary/aromatic N) is 1. The van der Waals surface area contributed by atoms with Crippen molar-refractivity contribution in [3.05, 3.63) is 40.2 Å². The summed E-state index contributed by atoms with van der Waals surface area (Å²) in [6.45, 7) is 1.89. The Bertz CT molecular complexity index is 705. The Morgan fingerprint density at radius 3 is 2.75 bits per heavy atom. The van der Waals surface area contributed by atoms with Crippen molar-refractivity contribution in [1.82, 2.24) is 0 Å². The van der Waals surface area contributed by atoms with Gasteiger partial charge in [0.25, 0.3) is 0 Å². The number of hydrogen-bond donors (Lipinski definition) is 1. The van der Waals surface area contributed by atoms with Gasteiger partial charge in [-0.3, -0.25) is 5.43 Å². The molecule has 0 amide bonds. The molecule has 0 atom stereocenters. The fourth-order valence-electron chi connectivity index (χ4n) is 1.68. The summed E-state index contributed by atoms with van der Waals surface area (Å²) < 4.78 is 43.3. The first-order valence-corrected chi connectivity index (χ1v) is 5.84. The molecular formula is C13H11F3N2O2. The Morgan fingerprint density at radius 1 is 1.35 bits per heavy atom. The van der Waals surface area contributed by atoms with Crippen molar-refractivity contribution >= 4 is 22.9 Å². The second-order valence-electron chi connectivity index (χ2n) is 4.02. The van der Waals surface area contributed by atoms with E-state index in [1.807, 2.05) is 6.92 Å². The van der Waals surface area contributed by atoms with E-state index in [0.717, 1.165) is 0 Å². The highest BCUT2D eigenvalue weighted by atomic mass is 19.4. The van der Waals surface area contributed by atoms with Crippen molar-refractivity contribution < 1.29 is 17.6 Å². The van der Waals surface area contributed by atoms with Gasteiger partial charge in [-0.25, -0.2) is 4.79 Å². The molecule has 1 heterocycles. The van der Waals surface area contributed by atoms with Crippen LogP contribution in [0.3, 0.4) is 0 Å². The lowest BCUT2D eigenvalue weighted by Crippen LogP contribution is -2.11. The Morgan fingerprint density at radius 2 is 2.10 bits per heavy atom. The predicted octanol–water partition coefficient (Wildman–Crippen LogP) is 3.62. The molecule has 0 aliphatic rings. The molecule has 0 aliphatic heterocycles. The number of hydrogen-bond acceptors (Lipinski definition) is 4. The molecule has 0 spiro atoms. The number of anilines is 1. The lowest BCUT2D eigenvalue weighted by molar-refractivity contribution is -0.136. The quantitative estimate of drug-likeness (QED) is 0.532. The Balaban J connectivity index is 2.54. The topological polar surface area (TPSA) is 54.6 Å². The number of alkyl halides is 3. The number of hydrazone groups is 1. The van der Waals surface area contributed by atoms with Gasteiger partial charge < -0.3 is 4.42 Å². The van der Waals surface area contributed by atoms with E-state index in [9.17, 15) is 18.0 Å². The summed E-state index contributed by atoms with van der Waals surface area (Å²) in [6.07, 6.45) is -2.29. The summed E-state index contributed by atoms with van der Waals surface area (Å²) in [5, 5.41) is 3.68. The first kappa shape index (κ1) is 14.1. The average molecular weight is 284 g/mol. The highest BCUT2D eigenvalue weighted by Crippen LogP contribution is 2.34. The van der Waals surface area contributed by atoms with Crippen molar-refractivity contribution in [3.8, 4) is 0 Å². The predicted molar refractivity (Wildman–Crippen MR) is 69.9 cm³/mol. The zero-order valence-corrected chi connectivity index (χ0v) is 10.5. The molecule has 1 N–H and O–H groups in total. The molecule has 1 aromatic heterocycles. The number of benzene rings is 1. The number of halogens is 3. The summed E-state index contributed by atoms with van der Waals surface area (Å²) >= 11 is 0. The zero-order chi connectivity index (χ0) is 14.8. The van der Waals surface area contributed by atoms with Gasteiger partial charge in [-0.2, -0.15) is 18.3 Å². The van der Waals surface area contributed by atoms with E-state index in [2.05, 4.69) is 10.5 Å². The van der Waals surface area contributed by atoms with Gasteiger partial charge in [0.15, 0.2) is 0 Å². The van der Waals surface area contributed by atoms with E-state index in [-0.39, 0.29) is 11.0 Å². The van der Waals surface area contributed by atoms with E-state index >= 15 is 0 Å². The molecule has 0 saturated heterocycles. The van der Waals surface area contributed by atoms with Crippen LogP contribution in [0.5, 0.6) is 0 Å². The normalized spacial score (nSPS) is 12.2. The molecule has 0 unspecified atom stereocenters. The molecule has 4 nitrogen and oxygen atoms in total. The lowest BCUT2D eigenvalue weighted by Gasteiger charge is -2.09. The fourth-order valence-corrected chi connectivity index (χ4v) is 1.68. The molecule has 2 aromatic rings. The molecule has 0 aliphatic carbocycles. The third-order valence-electron chi connectivity index (χ3n) is 2.52. The number of fused-ring (bicyclic) bond motifs is 1. The molecule has 0 bridgehead atoms. The minimum atomic E-state index is -4.61. The van der Waals surface area contributed by atoms with Crippen LogP contribution in [0.2, 0.25) is 0 Å². The van der Waals surface area contributed by atoms with Crippen LogP contribution in [0.1, 0.15) is 18.9 Å². The first-order chi connectivity index (χ1) is 9.41. The molecule has 7 heteroatoms. The summed E-state index contributed by atoms with van der Waals surface area (Å²) in [4.78, 5) is 11.2. The van der Waals surface area contributed by atoms with Crippen LogP contribution in [0.15, 0.2) is 38.6 Å². The molecule has 0 fully saturated rings. The SMILES string of the molecule is CC/C=N\Nc1ccc2c(C(F)(F)F)cc(=O)oc2c1. The Kier molecular flexibility index (Phi) is 3.78. The molecule has 1 aromatic carbocycles. The van der Waals surface area contributed by atoms with Gasteiger partial charge in [0, 0.05) is 23.7 Å². The molecule has 0 saturated carbocycles. The molecular weight excluding hydrogens is 273 g/mol. The van der Waals surface area contributed by atoms with E-state index < -0.39 is 17.4 Å². The van der Waals surface area contributed by atoms with E-state index in [1.54, 1.807) is 6.21 Å². The highest BCUT2D eigenvalue weighted by molar-refractivity contribution is 5.84. The van der Waals surface area contributed by atoms with Crippen LogP contribution in [0, 0.1) is 0 Å². The third-order valence-corrected chi connectivity index (χ3v) is 2.52. The van der Waals surface area contributed by atoms with Crippen molar-refractivity contribution in [2.45, 2.75) is 19.5 Å². The second-order valence-corrected chi connectivity index (χ2v) is 4.02. The van der Waals surface area contributed by atoms with Crippen LogP contribution in [-0.2, 0) is 6.18 Å². The number of nitrogens with one attached hydrogen (secondary N) is 1. The van der Waals surface area contributed by atoms with Crippen molar-refractivity contribution in [2.24, 2.45) is 5.10 Å². The Labute approximate surface area is 111 Å². The lowest BCUT2D eigenvalue weighted by atomic mass is 10.1. The van der Waals surface area contributed by atoms with Gasteiger partial charge in [-0.15, -0.1) is 0 Å². The minimum absolute atomic E-state index is 0.137. The second kappa shape index (κ2) is 5.36. The third kappa shape index (κ3) is 2.98. The van der Waals surface area contributed by atoms with Crippen LogP contribution in [-0.4, -0.2) is 6.21 Å². The molecule has 20 heavy (non-hydrogen) atoms. The maximum absolute atomic E-state index is 12.8. The van der Waals surface area contributed by atoms with E-state index in [4.69, 9.17) is 4.42 Å². The smallest absolute Gasteiger partial charge is 0.417 e. The minimum Gasteiger partial charge on any atom is -0.423 e. The van der Waals surface area contributed by atoms with E-state index in [0.29, 0.717) is 18.2 Å². The van der Waals surface area contributed by atoms with Crippen LogP contribution >= 0.6 is 0 Å². The number of rotatable bonds is 3. The van der Waals surface area contributed by atoms with Gasteiger partial charge in [0.2, 0.25) is 0 Å². The standard InChI is InChI=1S/C13H11F3N2O2/c1-2-5-17-18-8-3-4-9-10(13(14,15)16)7-12(19)20-11(9)6-8/h3-7,18H,2H2,1H3/b17-5-. The van der Waals surface area contributed by atoms with Gasteiger partial charge in [0.1, 0.15) is 5.58 Å². The fraction of sp³-hybridized carbons (Fsp3) is 0.231. The summed E-state index contributed by atoms with van der Waals surface area (Å²) in [5.74, 6) is 0. The maximum atomic E-state index is 12.8.